The lowest BCUT2D eigenvalue weighted by Crippen LogP contribution is -2.37. The predicted molar refractivity (Wildman–Crippen MR) is 85.3 cm³/mol. The first-order valence-corrected chi connectivity index (χ1v) is 8.04. The van der Waals surface area contributed by atoms with Crippen molar-refractivity contribution in [3.63, 3.8) is 0 Å². The second-order valence-electron chi connectivity index (χ2n) is 7.66. The third-order valence-corrected chi connectivity index (χ3v) is 4.70. The number of rotatable bonds is 3. The molecule has 3 heteroatoms. The largest absolute Gasteiger partial charge is 0.490 e. The van der Waals surface area contributed by atoms with Crippen molar-refractivity contribution >= 4 is 0 Å². The number of hydrogen-bond acceptors (Lipinski definition) is 3. The highest BCUT2D eigenvalue weighted by Crippen LogP contribution is 2.54. The Morgan fingerprint density at radius 2 is 1.90 bits per heavy atom. The van der Waals surface area contributed by atoms with Crippen molar-refractivity contribution in [1.82, 2.24) is 5.32 Å². The molecule has 2 unspecified atom stereocenters. The van der Waals surface area contributed by atoms with Crippen LogP contribution < -0.4 is 14.8 Å². The first-order valence-electron chi connectivity index (χ1n) is 8.04. The maximum Gasteiger partial charge on any atom is 0.161 e. The molecule has 2 aliphatic rings. The van der Waals surface area contributed by atoms with Crippen LogP contribution in [0.15, 0.2) is 18.2 Å². The van der Waals surface area contributed by atoms with Crippen LogP contribution in [0.2, 0.25) is 0 Å². The fourth-order valence-electron chi connectivity index (χ4n) is 3.05. The molecule has 0 bridgehead atoms. The SMILES string of the molecule is CC(C)(C)NCC1CC1(C)c1ccc2c(c1)OCCCO2. The summed E-state index contributed by atoms with van der Waals surface area (Å²) in [6.07, 6.45) is 2.20. The van der Waals surface area contributed by atoms with Crippen LogP contribution in [0.3, 0.4) is 0 Å². The summed E-state index contributed by atoms with van der Waals surface area (Å²) in [5.74, 6) is 2.52. The third kappa shape index (κ3) is 3.18. The quantitative estimate of drug-likeness (QED) is 0.923. The van der Waals surface area contributed by atoms with Crippen LogP contribution in [0, 0.1) is 5.92 Å². The summed E-state index contributed by atoms with van der Waals surface area (Å²) >= 11 is 0. The molecule has 21 heavy (non-hydrogen) atoms. The van der Waals surface area contributed by atoms with Gasteiger partial charge in [-0.3, -0.25) is 0 Å². The Kier molecular flexibility index (Phi) is 3.64. The van der Waals surface area contributed by atoms with Crippen LogP contribution in [-0.2, 0) is 5.41 Å². The van der Waals surface area contributed by atoms with E-state index in [0.29, 0.717) is 5.92 Å². The van der Waals surface area contributed by atoms with Crippen LogP contribution in [0.4, 0.5) is 0 Å². The maximum atomic E-state index is 5.82. The molecular weight excluding hydrogens is 262 g/mol. The fraction of sp³-hybridized carbons (Fsp3) is 0.667. The molecule has 1 N–H and O–H groups in total. The Hall–Kier alpha value is -1.22. The van der Waals surface area contributed by atoms with E-state index in [1.807, 2.05) is 0 Å². The van der Waals surface area contributed by atoms with Gasteiger partial charge in [0.1, 0.15) is 0 Å². The molecule has 1 saturated carbocycles. The topological polar surface area (TPSA) is 30.5 Å². The van der Waals surface area contributed by atoms with Crippen LogP contribution in [0.1, 0.15) is 46.1 Å². The van der Waals surface area contributed by atoms with E-state index < -0.39 is 0 Å². The average molecular weight is 289 g/mol. The van der Waals surface area contributed by atoms with E-state index in [1.165, 1.54) is 12.0 Å². The van der Waals surface area contributed by atoms with E-state index >= 15 is 0 Å². The number of ether oxygens (including phenoxy) is 2. The van der Waals surface area contributed by atoms with E-state index in [9.17, 15) is 0 Å². The molecule has 3 rings (SSSR count). The molecule has 0 radical (unpaired) electrons. The third-order valence-electron chi connectivity index (χ3n) is 4.70. The molecule has 1 heterocycles. The number of fused-ring (bicyclic) bond motifs is 1. The van der Waals surface area contributed by atoms with Crippen molar-refractivity contribution in [3.05, 3.63) is 23.8 Å². The molecule has 1 aromatic carbocycles. The summed E-state index contributed by atoms with van der Waals surface area (Å²) in [6.45, 7) is 11.6. The zero-order valence-corrected chi connectivity index (χ0v) is 13.7. The molecule has 1 aliphatic heterocycles. The second kappa shape index (κ2) is 5.20. The van der Waals surface area contributed by atoms with Gasteiger partial charge in [-0.1, -0.05) is 13.0 Å². The fourth-order valence-corrected chi connectivity index (χ4v) is 3.05. The standard InChI is InChI=1S/C18H27NO2/c1-17(2,3)19-12-14-11-18(14,4)13-6-7-15-16(10-13)21-9-5-8-20-15/h6-7,10,14,19H,5,8-9,11-12H2,1-4H3. The van der Waals surface area contributed by atoms with Crippen molar-refractivity contribution in [1.29, 1.82) is 0 Å². The van der Waals surface area contributed by atoms with Crippen molar-refractivity contribution < 1.29 is 9.47 Å². The molecule has 1 aromatic rings. The van der Waals surface area contributed by atoms with E-state index in [2.05, 4.69) is 51.2 Å². The lowest BCUT2D eigenvalue weighted by molar-refractivity contribution is 0.297. The van der Waals surface area contributed by atoms with E-state index in [0.717, 1.165) is 37.7 Å². The number of hydrogen-bond donors (Lipinski definition) is 1. The van der Waals surface area contributed by atoms with E-state index in [-0.39, 0.29) is 11.0 Å². The molecule has 0 aromatic heterocycles. The van der Waals surface area contributed by atoms with Gasteiger partial charge in [0.25, 0.3) is 0 Å². The summed E-state index contributed by atoms with van der Waals surface area (Å²) in [5, 5.41) is 3.63. The molecule has 0 saturated heterocycles. The molecule has 0 amide bonds. The van der Waals surface area contributed by atoms with Gasteiger partial charge in [0, 0.05) is 12.0 Å². The highest BCUT2D eigenvalue weighted by molar-refractivity contribution is 5.47. The summed E-state index contributed by atoms with van der Waals surface area (Å²) < 4.78 is 11.5. The van der Waals surface area contributed by atoms with Gasteiger partial charge in [-0.25, -0.2) is 0 Å². The minimum absolute atomic E-state index is 0.189. The zero-order valence-electron chi connectivity index (χ0n) is 13.7. The van der Waals surface area contributed by atoms with Gasteiger partial charge in [-0.05, 0) is 62.8 Å². The van der Waals surface area contributed by atoms with Gasteiger partial charge >= 0.3 is 0 Å². The molecule has 3 nitrogen and oxygen atoms in total. The first kappa shape index (κ1) is 14.7. The Bertz CT molecular complexity index is 520. The Morgan fingerprint density at radius 1 is 1.19 bits per heavy atom. The van der Waals surface area contributed by atoms with Crippen LogP contribution >= 0.6 is 0 Å². The van der Waals surface area contributed by atoms with E-state index in [1.54, 1.807) is 0 Å². The van der Waals surface area contributed by atoms with Gasteiger partial charge in [-0.15, -0.1) is 0 Å². The van der Waals surface area contributed by atoms with Gasteiger partial charge in [-0.2, -0.15) is 0 Å². The summed E-state index contributed by atoms with van der Waals surface area (Å²) in [6, 6.07) is 6.48. The molecule has 2 atom stereocenters. The van der Waals surface area contributed by atoms with Gasteiger partial charge in [0.15, 0.2) is 11.5 Å². The van der Waals surface area contributed by atoms with Crippen LogP contribution in [0.5, 0.6) is 11.5 Å². The van der Waals surface area contributed by atoms with Crippen LogP contribution in [-0.4, -0.2) is 25.3 Å². The van der Waals surface area contributed by atoms with Crippen molar-refractivity contribution in [3.8, 4) is 11.5 Å². The lowest BCUT2D eigenvalue weighted by atomic mass is 9.94. The Morgan fingerprint density at radius 3 is 2.62 bits per heavy atom. The highest BCUT2D eigenvalue weighted by Gasteiger charge is 2.51. The second-order valence-corrected chi connectivity index (χ2v) is 7.66. The van der Waals surface area contributed by atoms with Crippen molar-refractivity contribution in [2.45, 2.75) is 51.5 Å². The molecule has 116 valence electrons. The van der Waals surface area contributed by atoms with E-state index in [4.69, 9.17) is 9.47 Å². The number of nitrogens with one attached hydrogen (secondary N) is 1. The van der Waals surface area contributed by atoms with Gasteiger partial charge in [0.2, 0.25) is 0 Å². The highest BCUT2D eigenvalue weighted by atomic mass is 16.5. The number of benzene rings is 1. The molecule has 1 fully saturated rings. The predicted octanol–water partition coefficient (Wildman–Crippen LogP) is 3.51. The molecule has 0 spiro atoms. The maximum absolute atomic E-state index is 5.82. The Balaban J connectivity index is 1.71. The minimum Gasteiger partial charge on any atom is -0.490 e. The van der Waals surface area contributed by atoms with Crippen molar-refractivity contribution in [2.75, 3.05) is 19.8 Å². The minimum atomic E-state index is 0.189. The van der Waals surface area contributed by atoms with Gasteiger partial charge < -0.3 is 14.8 Å². The average Bonchev–Trinajstić information content (AvgIpc) is 3.13. The lowest BCUT2D eigenvalue weighted by Gasteiger charge is -2.22. The Labute approximate surface area is 128 Å². The monoisotopic (exact) mass is 289 g/mol. The van der Waals surface area contributed by atoms with Crippen LogP contribution in [0.25, 0.3) is 0 Å². The summed E-state index contributed by atoms with van der Waals surface area (Å²) in [4.78, 5) is 0. The normalized spacial score (nSPS) is 28.1. The molecular formula is C18H27NO2. The first-order chi connectivity index (χ1) is 9.88. The van der Waals surface area contributed by atoms with Gasteiger partial charge in [0.05, 0.1) is 13.2 Å². The summed E-state index contributed by atoms with van der Waals surface area (Å²) in [7, 11) is 0. The summed E-state index contributed by atoms with van der Waals surface area (Å²) in [5.41, 5.74) is 1.85. The molecule has 1 aliphatic carbocycles. The smallest absolute Gasteiger partial charge is 0.161 e. The van der Waals surface area contributed by atoms with Crippen molar-refractivity contribution in [2.24, 2.45) is 5.92 Å². The zero-order chi connectivity index (χ0) is 15.1.